The number of hydrogen-bond donors (Lipinski definition) is 3. The number of nitrogens with zero attached hydrogens (tertiary/aromatic N) is 1. The largest absolute Gasteiger partial charge is 0.446 e. The molecule has 3 amide bonds. The number of amides is 3. The van der Waals surface area contributed by atoms with Crippen molar-refractivity contribution < 1.29 is 24.3 Å². The van der Waals surface area contributed by atoms with E-state index in [0.717, 1.165) is 12.8 Å². The molecule has 3 rings (SSSR count). The summed E-state index contributed by atoms with van der Waals surface area (Å²) in [6.07, 6.45) is 1.95. The van der Waals surface area contributed by atoms with Gasteiger partial charge in [-0.1, -0.05) is 30.3 Å². The number of hydroxylamine groups is 1. The van der Waals surface area contributed by atoms with E-state index in [1.54, 1.807) is 5.48 Å². The van der Waals surface area contributed by atoms with Gasteiger partial charge in [0.25, 0.3) is 0 Å². The van der Waals surface area contributed by atoms with Crippen LogP contribution in [0.15, 0.2) is 30.3 Å². The Bertz CT molecular complexity index is 762. The SMILES string of the molecule is CC(C)NC(=O)OC1CCC(C(=O)N2CCC(c3ccccc3)CC2)C(C(=O)NO)C1. The lowest BCUT2D eigenvalue weighted by atomic mass is 9.76. The van der Waals surface area contributed by atoms with Crippen molar-refractivity contribution in [2.24, 2.45) is 11.8 Å². The molecule has 3 unspecified atom stereocenters. The second kappa shape index (κ2) is 10.6. The second-order valence-electron chi connectivity index (χ2n) is 8.84. The van der Waals surface area contributed by atoms with E-state index >= 15 is 0 Å². The average Bonchev–Trinajstić information content (AvgIpc) is 2.78. The van der Waals surface area contributed by atoms with Crippen LogP contribution in [0.25, 0.3) is 0 Å². The van der Waals surface area contributed by atoms with Gasteiger partial charge >= 0.3 is 6.09 Å². The number of hydrogen-bond acceptors (Lipinski definition) is 5. The number of nitrogens with one attached hydrogen (secondary N) is 2. The molecule has 1 saturated carbocycles. The number of rotatable bonds is 5. The Kier molecular flexibility index (Phi) is 7.90. The van der Waals surface area contributed by atoms with Crippen molar-refractivity contribution in [3.63, 3.8) is 0 Å². The Morgan fingerprint density at radius 1 is 1.03 bits per heavy atom. The lowest BCUT2D eigenvalue weighted by molar-refractivity contribution is -0.149. The number of ether oxygens (including phenoxy) is 1. The highest BCUT2D eigenvalue weighted by Gasteiger charge is 2.42. The number of carbonyl (C=O) groups is 3. The van der Waals surface area contributed by atoms with Crippen molar-refractivity contribution in [2.45, 2.75) is 64.0 Å². The van der Waals surface area contributed by atoms with Gasteiger partial charge < -0.3 is 15.0 Å². The molecule has 0 bridgehead atoms. The maximum Gasteiger partial charge on any atom is 0.407 e. The van der Waals surface area contributed by atoms with E-state index in [2.05, 4.69) is 17.4 Å². The van der Waals surface area contributed by atoms with Gasteiger partial charge in [-0.2, -0.15) is 0 Å². The van der Waals surface area contributed by atoms with E-state index in [1.165, 1.54) is 5.56 Å². The number of carbonyl (C=O) groups excluding carboxylic acids is 3. The maximum absolute atomic E-state index is 13.2. The molecule has 3 N–H and O–H groups in total. The summed E-state index contributed by atoms with van der Waals surface area (Å²) in [5.74, 6) is -1.46. The van der Waals surface area contributed by atoms with Crippen LogP contribution in [0.4, 0.5) is 4.79 Å². The van der Waals surface area contributed by atoms with Crippen molar-refractivity contribution in [1.82, 2.24) is 15.7 Å². The Morgan fingerprint density at radius 2 is 1.71 bits per heavy atom. The van der Waals surface area contributed by atoms with Gasteiger partial charge in [-0.3, -0.25) is 14.8 Å². The first-order chi connectivity index (χ1) is 14.9. The summed E-state index contributed by atoms with van der Waals surface area (Å²) < 4.78 is 5.43. The first-order valence-electron chi connectivity index (χ1n) is 11.1. The fourth-order valence-electron chi connectivity index (χ4n) is 4.72. The van der Waals surface area contributed by atoms with Gasteiger partial charge in [0, 0.05) is 19.1 Å². The molecule has 0 spiro atoms. The van der Waals surface area contributed by atoms with Gasteiger partial charge in [-0.25, -0.2) is 10.3 Å². The zero-order valence-electron chi connectivity index (χ0n) is 18.3. The summed E-state index contributed by atoms with van der Waals surface area (Å²) >= 11 is 0. The molecule has 1 aliphatic heterocycles. The zero-order chi connectivity index (χ0) is 22.4. The monoisotopic (exact) mass is 431 g/mol. The molecule has 2 fully saturated rings. The lowest BCUT2D eigenvalue weighted by Gasteiger charge is -2.39. The minimum Gasteiger partial charge on any atom is -0.446 e. The third-order valence-electron chi connectivity index (χ3n) is 6.32. The van der Waals surface area contributed by atoms with Gasteiger partial charge in [0.1, 0.15) is 6.10 Å². The Balaban J connectivity index is 1.59. The quantitative estimate of drug-likeness (QED) is 0.491. The highest BCUT2D eigenvalue weighted by molar-refractivity contribution is 5.87. The minimum atomic E-state index is -0.727. The van der Waals surface area contributed by atoms with Crippen molar-refractivity contribution in [3.8, 4) is 0 Å². The fourth-order valence-corrected chi connectivity index (χ4v) is 4.72. The smallest absolute Gasteiger partial charge is 0.407 e. The van der Waals surface area contributed by atoms with Crippen molar-refractivity contribution in [2.75, 3.05) is 13.1 Å². The predicted molar refractivity (Wildman–Crippen MR) is 114 cm³/mol. The molecule has 170 valence electrons. The van der Waals surface area contributed by atoms with Crippen LogP contribution >= 0.6 is 0 Å². The average molecular weight is 432 g/mol. The number of benzene rings is 1. The minimum absolute atomic E-state index is 0.0507. The predicted octanol–water partition coefficient (Wildman–Crippen LogP) is 2.82. The molecule has 1 aromatic rings. The summed E-state index contributed by atoms with van der Waals surface area (Å²) in [6, 6.07) is 10.3. The molecule has 8 heteroatoms. The Morgan fingerprint density at radius 3 is 2.32 bits per heavy atom. The normalized spacial score (nSPS) is 24.5. The topological polar surface area (TPSA) is 108 Å². The summed E-state index contributed by atoms with van der Waals surface area (Å²) in [4.78, 5) is 39.3. The Labute approximate surface area is 183 Å². The van der Waals surface area contributed by atoms with Gasteiger partial charge in [0.05, 0.1) is 11.8 Å². The molecule has 2 aliphatic rings. The molecule has 1 aliphatic carbocycles. The van der Waals surface area contributed by atoms with Crippen molar-refractivity contribution in [1.29, 1.82) is 0 Å². The molecule has 0 aromatic heterocycles. The first-order valence-corrected chi connectivity index (χ1v) is 11.1. The molecule has 1 heterocycles. The molecule has 1 aromatic carbocycles. The van der Waals surface area contributed by atoms with E-state index in [9.17, 15) is 19.6 Å². The van der Waals surface area contributed by atoms with Gasteiger partial charge in [-0.05, 0) is 57.4 Å². The van der Waals surface area contributed by atoms with Gasteiger partial charge in [0.15, 0.2) is 0 Å². The van der Waals surface area contributed by atoms with E-state index in [-0.39, 0.29) is 18.4 Å². The van der Waals surface area contributed by atoms with Crippen LogP contribution in [-0.4, -0.2) is 53.3 Å². The zero-order valence-corrected chi connectivity index (χ0v) is 18.3. The van der Waals surface area contributed by atoms with Crippen LogP contribution in [-0.2, 0) is 14.3 Å². The second-order valence-corrected chi connectivity index (χ2v) is 8.84. The number of likely N-dealkylation sites (tertiary alicyclic amines) is 1. The van der Waals surface area contributed by atoms with E-state index in [1.807, 2.05) is 36.9 Å². The van der Waals surface area contributed by atoms with Crippen LogP contribution in [0.1, 0.15) is 57.4 Å². The molecular formula is C23H33N3O5. The highest BCUT2D eigenvalue weighted by Crippen LogP contribution is 2.35. The summed E-state index contributed by atoms with van der Waals surface area (Å²) in [5, 5.41) is 11.9. The molecule has 0 radical (unpaired) electrons. The van der Waals surface area contributed by atoms with Crippen LogP contribution in [0.2, 0.25) is 0 Å². The van der Waals surface area contributed by atoms with E-state index < -0.39 is 29.9 Å². The summed E-state index contributed by atoms with van der Waals surface area (Å²) in [7, 11) is 0. The third kappa shape index (κ3) is 5.97. The highest BCUT2D eigenvalue weighted by atomic mass is 16.6. The fraction of sp³-hybridized carbons (Fsp3) is 0.609. The maximum atomic E-state index is 13.2. The number of piperidine rings is 1. The van der Waals surface area contributed by atoms with E-state index in [0.29, 0.717) is 31.8 Å². The van der Waals surface area contributed by atoms with Crippen LogP contribution in [0.3, 0.4) is 0 Å². The molecule has 8 nitrogen and oxygen atoms in total. The van der Waals surface area contributed by atoms with Crippen molar-refractivity contribution >= 4 is 17.9 Å². The molecule has 3 atom stereocenters. The summed E-state index contributed by atoms with van der Waals surface area (Å²) in [5.41, 5.74) is 2.99. The Hall–Kier alpha value is -2.61. The van der Waals surface area contributed by atoms with Gasteiger partial charge in [0.2, 0.25) is 11.8 Å². The lowest BCUT2D eigenvalue weighted by Crippen LogP contribution is -2.49. The first kappa shape index (κ1) is 23.1. The molecular weight excluding hydrogens is 398 g/mol. The molecule has 1 saturated heterocycles. The summed E-state index contributed by atoms with van der Waals surface area (Å²) in [6.45, 7) is 4.97. The van der Waals surface area contributed by atoms with Crippen LogP contribution < -0.4 is 10.8 Å². The van der Waals surface area contributed by atoms with Crippen molar-refractivity contribution in [3.05, 3.63) is 35.9 Å². The third-order valence-corrected chi connectivity index (χ3v) is 6.32. The van der Waals surface area contributed by atoms with Crippen LogP contribution in [0, 0.1) is 11.8 Å². The molecule has 31 heavy (non-hydrogen) atoms. The van der Waals surface area contributed by atoms with Gasteiger partial charge in [-0.15, -0.1) is 0 Å². The standard InChI is InChI=1S/C23H33N3O5/c1-15(2)24-23(29)31-18-8-9-19(20(14-18)21(27)25-30)22(28)26-12-10-17(11-13-26)16-6-4-3-5-7-16/h3-7,15,17-20,30H,8-14H2,1-2H3,(H,24,29)(H,25,27). The van der Waals surface area contributed by atoms with Crippen LogP contribution in [0.5, 0.6) is 0 Å². The van der Waals surface area contributed by atoms with E-state index in [4.69, 9.17) is 4.74 Å². The number of alkyl carbamates (subject to hydrolysis) is 1.